The van der Waals surface area contributed by atoms with E-state index in [0.717, 1.165) is 26.1 Å². The van der Waals surface area contributed by atoms with Crippen molar-refractivity contribution in [3.8, 4) is 11.4 Å². The van der Waals surface area contributed by atoms with E-state index < -0.39 is 0 Å². The van der Waals surface area contributed by atoms with Gasteiger partial charge >= 0.3 is 0 Å². The largest absolute Gasteiger partial charge is 0.369 e. The molecule has 0 saturated heterocycles. The lowest BCUT2D eigenvalue weighted by molar-refractivity contribution is 0.628. The number of benzene rings is 1. The molecule has 0 bridgehead atoms. The number of hydrogen-bond donors (Lipinski definition) is 1. The van der Waals surface area contributed by atoms with Gasteiger partial charge in [0.1, 0.15) is 11.6 Å². The molecule has 19 heavy (non-hydrogen) atoms. The summed E-state index contributed by atoms with van der Waals surface area (Å²) in [5, 5.41) is 3.19. The highest BCUT2D eigenvalue weighted by atomic mass is 127. The van der Waals surface area contributed by atoms with Crippen LogP contribution in [0.3, 0.4) is 0 Å². The van der Waals surface area contributed by atoms with Gasteiger partial charge < -0.3 is 5.32 Å². The topological polar surface area (TPSA) is 37.8 Å². The van der Waals surface area contributed by atoms with Gasteiger partial charge in [0.15, 0.2) is 5.82 Å². The molecular weight excluding hydrogens is 424 g/mol. The van der Waals surface area contributed by atoms with Crippen LogP contribution in [0.5, 0.6) is 0 Å². The molecule has 0 aliphatic heterocycles. The maximum absolute atomic E-state index is 13.4. The normalized spacial score (nSPS) is 10.6. The number of anilines is 1. The van der Waals surface area contributed by atoms with Gasteiger partial charge in [0.05, 0.1) is 9.26 Å². The predicted molar refractivity (Wildman–Crippen MR) is 86.7 cm³/mol. The van der Waals surface area contributed by atoms with Crippen molar-refractivity contribution >= 4 is 44.3 Å². The third kappa shape index (κ3) is 3.22. The van der Waals surface area contributed by atoms with Crippen molar-refractivity contribution in [1.82, 2.24) is 9.97 Å². The number of nitrogens with one attached hydrogen (secondary N) is 1. The van der Waals surface area contributed by atoms with E-state index in [9.17, 15) is 4.39 Å². The summed E-state index contributed by atoms with van der Waals surface area (Å²) in [6.45, 7) is 4.70. The highest BCUT2D eigenvalue weighted by Crippen LogP contribution is 2.29. The molecule has 1 aromatic carbocycles. The maximum atomic E-state index is 13.4. The second-order valence-electron chi connectivity index (χ2n) is 3.95. The Hall–Kier alpha value is -0.760. The van der Waals surface area contributed by atoms with E-state index in [1.165, 1.54) is 12.1 Å². The molecule has 0 radical (unpaired) electrons. The average Bonchev–Trinajstić information content (AvgIpc) is 2.38. The van der Waals surface area contributed by atoms with E-state index in [2.05, 4.69) is 53.8 Å². The van der Waals surface area contributed by atoms with Crippen molar-refractivity contribution in [3.05, 3.63) is 37.8 Å². The van der Waals surface area contributed by atoms with Crippen LogP contribution in [0, 0.1) is 16.3 Å². The molecule has 0 aliphatic carbocycles. The number of aromatic nitrogens is 2. The molecule has 2 aromatic rings. The first-order chi connectivity index (χ1) is 9.02. The van der Waals surface area contributed by atoms with Gasteiger partial charge in [-0.15, -0.1) is 0 Å². The summed E-state index contributed by atoms with van der Waals surface area (Å²) in [6, 6.07) is 4.49. The first-order valence-electron chi connectivity index (χ1n) is 5.76. The van der Waals surface area contributed by atoms with Crippen LogP contribution in [0.15, 0.2) is 22.7 Å². The Morgan fingerprint density at radius 2 is 2.11 bits per heavy atom. The van der Waals surface area contributed by atoms with E-state index in [4.69, 9.17) is 0 Å². The van der Waals surface area contributed by atoms with Crippen LogP contribution in [0.25, 0.3) is 11.4 Å². The molecule has 1 heterocycles. The molecule has 0 spiro atoms. The third-order valence-corrected chi connectivity index (χ3v) is 4.51. The van der Waals surface area contributed by atoms with Gasteiger partial charge in [-0.25, -0.2) is 14.4 Å². The molecule has 0 fully saturated rings. The van der Waals surface area contributed by atoms with Crippen molar-refractivity contribution < 1.29 is 4.39 Å². The molecule has 1 N–H and O–H groups in total. The second kappa shape index (κ2) is 6.13. The zero-order chi connectivity index (χ0) is 14.0. The fraction of sp³-hybridized carbons (Fsp3) is 0.231. The van der Waals surface area contributed by atoms with Crippen LogP contribution in [-0.4, -0.2) is 16.5 Å². The van der Waals surface area contributed by atoms with Gasteiger partial charge in [-0.3, -0.25) is 0 Å². The Morgan fingerprint density at radius 1 is 1.37 bits per heavy atom. The summed E-state index contributed by atoms with van der Waals surface area (Å²) in [7, 11) is 0. The minimum absolute atomic E-state index is 0.303. The standard InChI is InChI=1S/C13H12BrFIN3/c1-3-17-13-11(16)7(2)18-12(19-13)9-6-8(15)4-5-10(9)14/h4-6H,3H2,1-2H3,(H,17,18,19). The van der Waals surface area contributed by atoms with Gasteiger partial charge in [-0.05, 0) is 54.6 Å². The van der Waals surface area contributed by atoms with Crippen LogP contribution < -0.4 is 5.32 Å². The highest BCUT2D eigenvalue weighted by Gasteiger charge is 2.13. The Kier molecular flexibility index (Phi) is 4.72. The molecule has 2 rings (SSSR count). The minimum Gasteiger partial charge on any atom is -0.369 e. The van der Waals surface area contributed by atoms with Crippen molar-refractivity contribution in [2.24, 2.45) is 0 Å². The first-order valence-corrected chi connectivity index (χ1v) is 7.63. The SMILES string of the molecule is CCNc1nc(-c2cc(F)ccc2Br)nc(C)c1I. The lowest BCUT2D eigenvalue weighted by atomic mass is 10.2. The fourth-order valence-corrected chi connectivity index (χ4v) is 2.49. The molecule has 0 amide bonds. The number of aryl methyl sites for hydroxylation is 1. The summed E-state index contributed by atoms with van der Waals surface area (Å²) in [5.41, 5.74) is 1.52. The molecule has 100 valence electrons. The van der Waals surface area contributed by atoms with Crippen molar-refractivity contribution in [3.63, 3.8) is 0 Å². The monoisotopic (exact) mass is 435 g/mol. The Labute approximate surface area is 133 Å². The summed E-state index contributed by atoms with van der Waals surface area (Å²) in [4.78, 5) is 8.90. The van der Waals surface area contributed by atoms with Gasteiger partial charge in [-0.1, -0.05) is 15.9 Å². The van der Waals surface area contributed by atoms with Crippen molar-refractivity contribution in [2.45, 2.75) is 13.8 Å². The lowest BCUT2D eigenvalue weighted by Crippen LogP contribution is -2.06. The summed E-state index contributed by atoms with van der Waals surface area (Å²) >= 11 is 5.61. The number of hydrogen-bond acceptors (Lipinski definition) is 3. The molecule has 0 unspecified atom stereocenters. The zero-order valence-corrected chi connectivity index (χ0v) is 14.2. The Bertz CT molecular complexity index is 619. The van der Waals surface area contributed by atoms with Crippen molar-refractivity contribution in [2.75, 3.05) is 11.9 Å². The second-order valence-corrected chi connectivity index (χ2v) is 5.88. The summed E-state index contributed by atoms with van der Waals surface area (Å²) in [5.74, 6) is 0.991. The van der Waals surface area contributed by atoms with E-state index >= 15 is 0 Å². The van der Waals surface area contributed by atoms with Crippen molar-refractivity contribution in [1.29, 1.82) is 0 Å². The first kappa shape index (κ1) is 14.6. The van der Waals surface area contributed by atoms with Gasteiger partial charge in [0, 0.05) is 16.6 Å². The Balaban J connectivity index is 2.59. The number of halogens is 3. The number of nitrogens with zero attached hydrogens (tertiary/aromatic N) is 2. The molecule has 0 atom stereocenters. The van der Waals surface area contributed by atoms with Gasteiger partial charge in [-0.2, -0.15) is 0 Å². The van der Waals surface area contributed by atoms with Crippen LogP contribution in [0.2, 0.25) is 0 Å². The van der Waals surface area contributed by atoms with E-state index in [1.807, 2.05) is 13.8 Å². The van der Waals surface area contributed by atoms with Crippen LogP contribution >= 0.6 is 38.5 Å². The summed E-state index contributed by atoms with van der Waals surface area (Å²) < 4.78 is 15.1. The Morgan fingerprint density at radius 3 is 2.79 bits per heavy atom. The smallest absolute Gasteiger partial charge is 0.163 e. The van der Waals surface area contributed by atoms with Crippen LogP contribution in [-0.2, 0) is 0 Å². The quantitative estimate of drug-likeness (QED) is 0.726. The average molecular weight is 436 g/mol. The minimum atomic E-state index is -0.303. The van der Waals surface area contributed by atoms with Gasteiger partial charge in [0.25, 0.3) is 0 Å². The van der Waals surface area contributed by atoms with E-state index in [0.29, 0.717) is 11.4 Å². The van der Waals surface area contributed by atoms with E-state index in [-0.39, 0.29) is 5.82 Å². The molecule has 3 nitrogen and oxygen atoms in total. The lowest BCUT2D eigenvalue weighted by Gasteiger charge is -2.11. The van der Waals surface area contributed by atoms with E-state index in [1.54, 1.807) is 6.07 Å². The maximum Gasteiger partial charge on any atom is 0.163 e. The van der Waals surface area contributed by atoms with Crippen LogP contribution in [0.4, 0.5) is 10.2 Å². The molecule has 0 saturated carbocycles. The zero-order valence-electron chi connectivity index (χ0n) is 10.5. The highest BCUT2D eigenvalue weighted by molar-refractivity contribution is 14.1. The molecule has 1 aromatic heterocycles. The van der Waals surface area contributed by atoms with Gasteiger partial charge in [0.2, 0.25) is 0 Å². The molecular formula is C13H12BrFIN3. The third-order valence-electron chi connectivity index (χ3n) is 2.53. The summed E-state index contributed by atoms with van der Waals surface area (Å²) in [6.07, 6.45) is 0. The molecule has 6 heteroatoms. The fourth-order valence-electron chi connectivity index (χ4n) is 1.63. The number of rotatable bonds is 3. The molecule has 0 aliphatic rings. The van der Waals surface area contributed by atoms with Crippen LogP contribution in [0.1, 0.15) is 12.6 Å². The predicted octanol–water partition coefficient (Wildman–Crippen LogP) is 4.39.